The molecular formula is C13H18N2O3. The van der Waals surface area contributed by atoms with E-state index in [9.17, 15) is 14.4 Å². The van der Waals surface area contributed by atoms with E-state index in [1.807, 2.05) is 0 Å². The van der Waals surface area contributed by atoms with Gasteiger partial charge in [0.25, 0.3) is 0 Å². The number of primary amides is 1. The van der Waals surface area contributed by atoms with Crippen LogP contribution in [0.4, 0.5) is 4.79 Å². The highest BCUT2D eigenvalue weighted by molar-refractivity contribution is 6.24. The van der Waals surface area contributed by atoms with Crippen molar-refractivity contribution in [2.45, 2.75) is 27.2 Å². The van der Waals surface area contributed by atoms with Gasteiger partial charge in [-0.3, -0.25) is 9.59 Å². The summed E-state index contributed by atoms with van der Waals surface area (Å²) in [5.74, 6) is -0.203. The lowest BCUT2D eigenvalue weighted by Gasteiger charge is -2.20. The number of carbonyl (C=O) groups excluding carboxylic acids is 3. The molecule has 18 heavy (non-hydrogen) atoms. The molecule has 0 atom stereocenters. The minimum Gasteiger partial charge on any atom is -0.351 e. The van der Waals surface area contributed by atoms with Crippen molar-refractivity contribution in [3.8, 4) is 0 Å². The zero-order valence-corrected chi connectivity index (χ0v) is 11.2. The molecule has 5 heteroatoms. The molecule has 0 aromatic carbocycles. The van der Waals surface area contributed by atoms with E-state index in [0.29, 0.717) is 35.3 Å². The molecule has 5 nitrogen and oxygen atoms in total. The number of allylic oxidation sites excluding steroid dienone is 3. The van der Waals surface area contributed by atoms with Crippen molar-refractivity contribution in [3.05, 3.63) is 22.3 Å². The molecule has 0 fully saturated rings. The first kappa shape index (κ1) is 14.2. The van der Waals surface area contributed by atoms with Gasteiger partial charge in [-0.05, 0) is 27.2 Å². The molecule has 0 spiro atoms. The van der Waals surface area contributed by atoms with Crippen molar-refractivity contribution in [1.29, 1.82) is 0 Å². The van der Waals surface area contributed by atoms with Crippen LogP contribution in [0.2, 0.25) is 0 Å². The summed E-state index contributed by atoms with van der Waals surface area (Å²) in [5.41, 5.74) is 7.06. The minimum atomic E-state index is -0.550. The summed E-state index contributed by atoms with van der Waals surface area (Å²) in [6.45, 7) is 5.29. The molecule has 1 aliphatic rings. The molecule has 0 heterocycles. The Hall–Kier alpha value is -1.91. The van der Waals surface area contributed by atoms with E-state index in [4.69, 9.17) is 5.73 Å². The number of carbonyl (C=O) groups is 3. The van der Waals surface area contributed by atoms with Crippen molar-refractivity contribution in [3.63, 3.8) is 0 Å². The first-order valence-corrected chi connectivity index (χ1v) is 5.74. The van der Waals surface area contributed by atoms with Crippen molar-refractivity contribution in [2.75, 3.05) is 13.6 Å². The molecule has 2 N–H and O–H groups in total. The smallest absolute Gasteiger partial charge is 0.314 e. The summed E-state index contributed by atoms with van der Waals surface area (Å²) >= 11 is 0. The van der Waals surface area contributed by atoms with Gasteiger partial charge in [0, 0.05) is 35.9 Å². The fourth-order valence-corrected chi connectivity index (χ4v) is 1.85. The van der Waals surface area contributed by atoms with Crippen LogP contribution < -0.4 is 5.73 Å². The summed E-state index contributed by atoms with van der Waals surface area (Å²) in [6, 6.07) is -0.550. The zero-order chi connectivity index (χ0) is 14.0. The molecule has 0 saturated heterocycles. The summed E-state index contributed by atoms with van der Waals surface area (Å²) in [5, 5.41) is 0. The molecule has 0 aromatic rings. The average molecular weight is 250 g/mol. The Morgan fingerprint density at radius 2 is 1.56 bits per heavy atom. The van der Waals surface area contributed by atoms with Crippen LogP contribution in [0, 0.1) is 0 Å². The molecule has 0 saturated carbocycles. The van der Waals surface area contributed by atoms with Crippen LogP contribution in [0.25, 0.3) is 0 Å². The second kappa shape index (κ2) is 5.16. The van der Waals surface area contributed by atoms with Gasteiger partial charge in [0.05, 0.1) is 0 Å². The van der Waals surface area contributed by atoms with Gasteiger partial charge in [0.2, 0.25) is 0 Å². The molecule has 2 amide bonds. The van der Waals surface area contributed by atoms with Gasteiger partial charge in [-0.25, -0.2) is 4.79 Å². The minimum absolute atomic E-state index is 0.0937. The maximum Gasteiger partial charge on any atom is 0.314 e. The lowest BCUT2D eigenvalue weighted by Crippen LogP contribution is -2.34. The van der Waals surface area contributed by atoms with Crippen LogP contribution in [0.15, 0.2) is 22.3 Å². The molecule has 0 aromatic heterocycles. The summed E-state index contributed by atoms with van der Waals surface area (Å²) in [7, 11) is 1.56. The van der Waals surface area contributed by atoms with E-state index in [0.717, 1.165) is 0 Å². The predicted molar refractivity (Wildman–Crippen MR) is 67.9 cm³/mol. The van der Waals surface area contributed by atoms with Gasteiger partial charge in [0.1, 0.15) is 0 Å². The molecule has 0 unspecified atom stereocenters. The molecule has 98 valence electrons. The van der Waals surface area contributed by atoms with Crippen molar-refractivity contribution in [1.82, 2.24) is 4.90 Å². The Balaban J connectivity index is 2.92. The average Bonchev–Trinajstić information content (AvgIpc) is 2.33. The molecule has 0 aliphatic heterocycles. The summed E-state index contributed by atoms with van der Waals surface area (Å²) < 4.78 is 0. The number of urea groups is 1. The number of nitrogens with two attached hydrogens (primary N) is 1. The number of hydrogen-bond donors (Lipinski definition) is 1. The third-order valence-electron chi connectivity index (χ3n) is 3.38. The number of hydrogen-bond acceptors (Lipinski definition) is 3. The SMILES string of the molecule is CC1=C(C)C(=O)C(CCN(C)C(N)=O)=C(C)C1=O. The summed E-state index contributed by atoms with van der Waals surface area (Å²) in [6.07, 6.45) is 0.348. The fourth-order valence-electron chi connectivity index (χ4n) is 1.85. The first-order valence-electron chi connectivity index (χ1n) is 5.74. The van der Waals surface area contributed by atoms with E-state index >= 15 is 0 Å². The lowest BCUT2D eigenvalue weighted by atomic mass is 9.84. The molecule has 1 rings (SSSR count). The molecule has 1 aliphatic carbocycles. The molecule has 0 bridgehead atoms. The van der Waals surface area contributed by atoms with Crippen LogP contribution in [0.1, 0.15) is 27.2 Å². The number of Topliss-reactive ketones (excluding diaryl/α,β-unsaturated/α-hetero) is 2. The second-order valence-corrected chi connectivity index (χ2v) is 4.52. The number of nitrogens with zero attached hydrogens (tertiary/aromatic N) is 1. The Bertz CT molecular complexity index is 486. The van der Waals surface area contributed by atoms with E-state index in [1.165, 1.54) is 4.90 Å². The van der Waals surface area contributed by atoms with E-state index in [1.54, 1.807) is 27.8 Å². The van der Waals surface area contributed by atoms with Gasteiger partial charge >= 0.3 is 6.03 Å². The third-order valence-corrected chi connectivity index (χ3v) is 3.38. The fraction of sp³-hybridized carbons (Fsp3) is 0.462. The van der Waals surface area contributed by atoms with Gasteiger partial charge in [-0.1, -0.05) is 0 Å². The normalized spacial score (nSPS) is 16.4. The number of rotatable bonds is 3. The monoisotopic (exact) mass is 250 g/mol. The zero-order valence-electron chi connectivity index (χ0n) is 11.2. The van der Waals surface area contributed by atoms with Crippen LogP contribution in [0.5, 0.6) is 0 Å². The van der Waals surface area contributed by atoms with E-state index in [-0.39, 0.29) is 11.6 Å². The van der Waals surface area contributed by atoms with Crippen LogP contribution in [-0.4, -0.2) is 36.1 Å². The van der Waals surface area contributed by atoms with Crippen LogP contribution in [0.3, 0.4) is 0 Å². The Morgan fingerprint density at radius 1 is 1.06 bits per heavy atom. The summed E-state index contributed by atoms with van der Waals surface area (Å²) in [4.78, 5) is 36.2. The van der Waals surface area contributed by atoms with Crippen LogP contribution >= 0.6 is 0 Å². The highest BCUT2D eigenvalue weighted by Crippen LogP contribution is 2.26. The molecule has 0 radical (unpaired) electrons. The van der Waals surface area contributed by atoms with Gasteiger partial charge in [-0.15, -0.1) is 0 Å². The first-order chi connectivity index (χ1) is 8.27. The van der Waals surface area contributed by atoms with Gasteiger partial charge in [-0.2, -0.15) is 0 Å². The van der Waals surface area contributed by atoms with Crippen LogP contribution in [-0.2, 0) is 9.59 Å². The standard InChI is InChI=1S/C13H18N2O3/c1-7-8(2)12(17)10(9(3)11(7)16)5-6-15(4)13(14)18/h5-6H2,1-4H3,(H2,14,18). The number of amides is 2. The Morgan fingerprint density at radius 3 is 2.06 bits per heavy atom. The highest BCUT2D eigenvalue weighted by atomic mass is 16.2. The Labute approximate surface area is 106 Å². The largest absolute Gasteiger partial charge is 0.351 e. The van der Waals surface area contributed by atoms with Crippen molar-refractivity contribution in [2.24, 2.45) is 5.73 Å². The maximum atomic E-state index is 12.1. The predicted octanol–water partition coefficient (Wildman–Crippen LogP) is 1.19. The third kappa shape index (κ3) is 2.50. The quantitative estimate of drug-likeness (QED) is 0.764. The van der Waals surface area contributed by atoms with Gasteiger partial charge in [0.15, 0.2) is 11.6 Å². The lowest BCUT2D eigenvalue weighted by molar-refractivity contribution is -0.116. The van der Waals surface area contributed by atoms with E-state index in [2.05, 4.69) is 0 Å². The van der Waals surface area contributed by atoms with Gasteiger partial charge < -0.3 is 10.6 Å². The topological polar surface area (TPSA) is 80.5 Å². The second-order valence-electron chi connectivity index (χ2n) is 4.52. The molecular weight excluding hydrogens is 232 g/mol. The highest BCUT2D eigenvalue weighted by Gasteiger charge is 2.27. The number of ketones is 2. The Kier molecular flexibility index (Phi) is 4.06. The maximum absolute atomic E-state index is 12.1. The van der Waals surface area contributed by atoms with E-state index < -0.39 is 6.03 Å². The van der Waals surface area contributed by atoms with Crippen molar-refractivity contribution < 1.29 is 14.4 Å². The van der Waals surface area contributed by atoms with Crippen molar-refractivity contribution >= 4 is 17.6 Å².